The lowest BCUT2D eigenvalue weighted by Crippen LogP contribution is -2.21. The average molecular weight is 368 g/mol. The molecule has 0 atom stereocenters. The molecule has 0 spiro atoms. The monoisotopic (exact) mass is 368 g/mol. The minimum absolute atomic E-state index is 0.0603. The molecule has 0 saturated heterocycles. The number of hydrogen-bond acceptors (Lipinski definition) is 4. The van der Waals surface area contributed by atoms with Gasteiger partial charge in [0.2, 0.25) is 0 Å². The summed E-state index contributed by atoms with van der Waals surface area (Å²) in [5, 5.41) is 0.251. The van der Waals surface area contributed by atoms with E-state index < -0.39 is 5.82 Å². The molecule has 4 nitrogen and oxygen atoms in total. The molecule has 3 rings (SSSR count). The fourth-order valence-electron chi connectivity index (χ4n) is 2.42. The summed E-state index contributed by atoms with van der Waals surface area (Å²) in [6.07, 6.45) is 3.15. The summed E-state index contributed by atoms with van der Waals surface area (Å²) >= 11 is 1.08. The second-order valence-electron chi connectivity index (χ2n) is 5.89. The fourth-order valence-corrected chi connectivity index (χ4v) is 3.22. The molecule has 26 heavy (non-hydrogen) atoms. The van der Waals surface area contributed by atoms with E-state index in [2.05, 4.69) is 4.98 Å². The highest BCUT2D eigenvalue weighted by Crippen LogP contribution is 2.16. The zero-order valence-electron chi connectivity index (χ0n) is 14.4. The summed E-state index contributed by atoms with van der Waals surface area (Å²) in [4.78, 5) is 29.0. The number of carbonyl (C=O) groups excluding carboxylic acids is 1. The number of thioether (sulfide) groups is 1. The molecular formula is C20H17FN2O2S. The quantitative estimate of drug-likeness (QED) is 0.505. The number of ketones is 1. The highest BCUT2D eigenvalue weighted by Gasteiger charge is 2.12. The Balaban J connectivity index is 1.81. The standard InChI is InChI=1S/C20H17FN2O2S/c1-13-3-8-17(11-14(13)2)23-10-9-22-19(20(23)25)26-12-18(24)15-4-6-16(21)7-5-15/h3-11H,12H2,1-2H3. The number of nitrogens with zero attached hydrogens (tertiary/aromatic N) is 2. The second-order valence-corrected chi connectivity index (χ2v) is 6.86. The van der Waals surface area contributed by atoms with E-state index >= 15 is 0 Å². The Bertz CT molecular complexity index is 1010. The first kappa shape index (κ1) is 18.1. The van der Waals surface area contributed by atoms with Crippen molar-refractivity contribution in [2.24, 2.45) is 0 Å². The Labute approximate surface area is 154 Å². The maximum Gasteiger partial charge on any atom is 0.287 e. The van der Waals surface area contributed by atoms with Gasteiger partial charge in [0, 0.05) is 23.6 Å². The van der Waals surface area contributed by atoms with Gasteiger partial charge in [-0.3, -0.25) is 14.2 Å². The van der Waals surface area contributed by atoms with Gasteiger partial charge in [0.05, 0.1) is 5.75 Å². The number of benzene rings is 2. The number of hydrogen-bond donors (Lipinski definition) is 0. The predicted molar refractivity (Wildman–Crippen MR) is 101 cm³/mol. The van der Waals surface area contributed by atoms with Gasteiger partial charge in [-0.1, -0.05) is 17.8 Å². The molecular weight excluding hydrogens is 351 g/mol. The van der Waals surface area contributed by atoms with Gasteiger partial charge in [-0.25, -0.2) is 9.37 Å². The van der Waals surface area contributed by atoms with Crippen LogP contribution >= 0.6 is 11.8 Å². The van der Waals surface area contributed by atoms with Crippen molar-refractivity contribution in [2.75, 3.05) is 5.75 Å². The van der Waals surface area contributed by atoms with Crippen LogP contribution in [0.5, 0.6) is 0 Å². The van der Waals surface area contributed by atoms with Crippen molar-refractivity contribution in [3.63, 3.8) is 0 Å². The Morgan fingerprint density at radius 3 is 2.54 bits per heavy atom. The minimum atomic E-state index is -0.393. The number of halogens is 1. The van der Waals surface area contributed by atoms with Gasteiger partial charge < -0.3 is 0 Å². The summed E-state index contributed by atoms with van der Waals surface area (Å²) in [5.74, 6) is -0.516. The molecule has 0 radical (unpaired) electrons. The van der Waals surface area contributed by atoms with Crippen molar-refractivity contribution >= 4 is 17.5 Å². The normalized spacial score (nSPS) is 10.7. The highest BCUT2D eigenvalue weighted by atomic mass is 32.2. The first-order valence-electron chi connectivity index (χ1n) is 8.02. The summed E-state index contributed by atoms with van der Waals surface area (Å²) in [5.41, 5.74) is 3.13. The van der Waals surface area contributed by atoms with Crippen molar-refractivity contribution in [1.82, 2.24) is 9.55 Å². The molecule has 0 fully saturated rings. The third-order valence-corrected chi connectivity index (χ3v) is 5.04. The molecule has 1 aromatic heterocycles. The number of Topliss-reactive ketones (excluding diaryl/α,β-unsaturated/α-hetero) is 1. The highest BCUT2D eigenvalue weighted by molar-refractivity contribution is 7.99. The van der Waals surface area contributed by atoms with Crippen LogP contribution in [0, 0.1) is 19.7 Å². The lowest BCUT2D eigenvalue weighted by Gasteiger charge is -2.09. The van der Waals surface area contributed by atoms with Crippen LogP contribution in [0.2, 0.25) is 0 Å². The van der Waals surface area contributed by atoms with E-state index in [1.165, 1.54) is 28.8 Å². The molecule has 3 aromatic rings. The van der Waals surface area contributed by atoms with Crippen LogP contribution in [0.4, 0.5) is 4.39 Å². The third-order valence-electron chi connectivity index (χ3n) is 4.08. The number of aromatic nitrogens is 2. The van der Waals surface area contributed by atoms with E-state index in [-0.39, 0.29) is 22.1 Å². The molecule has 0 aliphatic carbocycles. The average Bonchev–Trinajstić information content (AvgIpc) is 2.63. The molecule has 0 unspecified atom stereocenters. The zero-order chi connectivity index (χ0) is 18.7. The first-order valence-corrected chi connectivity index (χ1v) is 9.01. The van der Waals surface area contributed by atoms with Gasteiger partial charge in [-0.2, -0.15) is 0 Å². The van der Waals surface area contributed by atoms with Gasteiger partial charge in [0.15, 0.2) is 10.8 Å². The molecule has 0 amide bonds. The summed E-state index contributed by atoms with van der Waals surface area (Å²) in [6, 6.07) is 11.1. The van der Waals surface area contributed by atoms with Crippen molar-refractivity contribution in [3.05, 3.63) is 87.7 Å². The van der Waals surface area contributed by atoms with E-state index in [1.807, 2.05) is 32.0 Å². The number of aryl methyl sites for hydroxylation is 2. The minimum Gasteiger partial charge on any atom is -0.293 e. The fraction of sp³-hybridized carbons (Fsp3) is 0.150. The summed E-state index contributed by atoms with van der Waals surface area (Å²) in [7, 11) is 0. The van der Waals surface area contributed by atoms with E-state index in [9.17, 15) is 14.0 Å². The molecule has 0 bridgehead atoms. The smallest absolute Gasteiger partial charge is 0.287 e. The molecule has 1 heterocycles. The molecule has 0 aliphatic heterocycles. The van der Waals surface area contributed by atoms with Gasteiger partial charge in [0.25, 0.3) is 5.56 Å². The summed E-state index contributed by atoms with van der Waals surface area (Å²) < 4.78 is 14.5. The zero-order valence-corrected chi connectivity index (χ0v) is 15.2. The summed E-state index contributed by atoms with van der Waals surface area (Å²) in [6.45, 7) is 4.00. The first-order chi connectivity index (χ1) is 12.5. The van der Waals surface area contributed by atoms with E-state index in [0.29, 0.717) is 5.56 Å². The van der Waals surface area contributed by atoms with E-state index in [0.717, 1.165) is 28.6 Å². The van der Waals surface area contributed by atoms with Crippen molar-refractivity contribution in [3.8, 4) is 5.69 Å². The Morgan fingerprint density at radius 2 is 1.85 bits per heavy atom. The molecule has 0 N–H and O–H groups in total. The van der Waals surface area contributed by atoms with E-state index in [4.69, 9.17) is 0 Å². The largest absolute Gasteiger partial charge is 0.293 e. The molecule has 6 heteroatoms. The van der Waals surface area contributed by atoms with Crippen LogP contribution in [-0.2, 0) is 0 Å². The maximum atomic E-state index is 12.9. The Kier molecular flexibility index (Phi) is 5.32. The Morgan fingerprint density at radius 1 is 1.12 bits per heavy atom. The van der Waals surface area contributed by atoms with Crippen LogP contribution in [0.25, 0.3) is 5.69 Å². The van der Waals surface area contributed by atoms with Gasteiger partial charge in [0.1, 0.15) is 5.82 Å². The molecule has 2 aromatic carbocycles. The molecule has 0 saturated carbocycles. The van der Waals surface area contributed by atoms with E-state index in [1.54, 1.807) is 12.4 Å². The van der Waals surface area contributed by atoms with Gasteiger partial charge in [-0.05, 0) is 61.4 Å². The third kappa shape index (κ3) is 3.91. The van der Waals surface area contributed by atoms with Crippen LogP contribution in [0.1, 0.15) is 21.5 Å². The van der Waals surface area contributed by atoms with Crippen LogP contribution in [-0.4, -0.2) is 21.1 Å². The number of carbonyl (C=O) groups is 1. The molecule has 0 aliphatic rings. The van der Waals surface area contributed by atoms with Crippen LogP contribution in [0.15, 0.2) is 64.7 Å². The molecule has 132 valence electrons. The topological polar surface area (TPSA) is 52.0 Å². The van der Waals surface area contributed by atoms with Gasteiger partial charge >= 0.3 is 0 Å². The SMILES string of the molecule is Cc1ccc(-n2ccnc(SCC(=O)c3ccc(F)cc3)c2=O)cc1C. The van der Waals surface area contributed by atoms with Crippen LogP contribution < -0.4 is 5.56 Å². The lowest BCUT2D eigenvalue weighted by molar-refractivity contribution is 0.102. The van der Waals surface area contributed by atoms with Crippen LogP contribution in [0.3, 0.4) is 0 Å². The van der Waals surface area contributed by atoms with Gasteiger partial charge in [-0.15, -0.1) is 0 Å². The van der Waals surface area contributed by atoms with Crippen molar-refractivity contribution < 1.29 is 9.18 Å². The maximum absolute atomic E-state index is 12.9. The lowest BCUT2D eigenvalue weighted by atomic mass is 10.1. The predicted octanol–water partition coefficient (Wildman–Crippen LogP) is 3.96. The Hall–Kier alpha value is -2.73. The van der Waals surface area contributed by atoms with Crippen molar-refractivity contribution in [1.29, 1.82) is 0 Å². The second kappa shape index (κ2) is 7.66. The van der Waals surface area contributed by atoms with Crippen molar-refractivity contribution in [2.45, 2.75) is 18.9 Å². The number of rotatable bonds is 5.